The van der Waals surface area contributed by atoms with Crippen LogP contribution in [0.1, 0.15) is 41.3 Å². The van der Waals surface area contributed by atoms with Crippen LogP contribution in [0.5, 0.6) is 11.5 Å². The summed E-state index contributed by atoms with van der Waals surface area (Å²) in [4.78, 5) is 20.9. The summed E-state index contributed by atoms with van der Waals surface area (Å²) in [6.07, 6.45) is 3.82. The Morgan fingerprint density at radius 2 is 1.72 bits per heavy atom. The number of H-pyrrole nitrogens is 1. The third-order valence-corrected chi connectivity index (χ3v) is 13.5. The Hall–Kier alpha value is -5.66. The van der Waals surface area contributed by atoms with Crippen molar-refractivity contribution in [2.75, 3.05) is 36.4 Å². The summed E-state index contributed by atoms with van der Waals surface area (Å²) < 4.78 is 101. The zero-order chi connectivity index (χ0) is 43.5. The molecule has 1 saturated heterocycles. The molecule has 3 heterocycles. The number of hydrogen-bond donors (Lipinski definition) is 5. The van der Waals surface area contributed by atoms with E-state index in [2.05, 4.69) is 15.3 Å². The Labute approximate surface area is 354 Å². The number of aromatic amines is 1. The molecular weight excluding hydrogens is 857 g/mol. The molecule has 0 spiro atoms. The fraction of sp³-hybridized carbons (Fsp3) is 0.238. The zero-order valence-electron chi connectivity index (χ0n) is 32.2. The lowest BCUT2D eigenvalue weighted by molar-refractivity contribution is -0.0435. The molecule has 7 rings (SSSR count). The van der Waals surface area contributed by atoms with Gasteiger partial charge in [-0.05, 0) is 103 Å². The second-order valence-corrected chi connectivity index (χ2v) is 18.4. The van der Waals surface area contributed by atoms with E-state index in [1.165, 1.54) is 12.3 Å². The monoisotopic (exact) mass is 896 g/mol. The summed E-state index contributed by atoms with van der Waals surface area (Å²) in [7, 11) is -11.0. The van der Waals surface area contributed by atoms with Crippen molar-refractivity contribution in [3.8, 4) is 22.6 Å². The normalized spacial score (nSPS) is 14.5. The van der Waals surface area contributed by atoms with Crippen LogP contribution in [0.3, 0.4) is 0 Å². The van der Waals surface area contributed by atoms with Crippen LogP contribution in [-0.4, -0.2) is 69.5 Å². The van der Waals surface area contributed by atoms with E-state index in [4.69, 9.17) is 22.1 Å². The van der Waals surface area contributed by atoms with Crippen molar-refractivity contribution in [1.29, 1.82) is 0 Å². The predicted molar refractivity (Wildman–Crippen MR) is 226 cm³/mol. The highest BCUT2D eigenvalue weighted by Gasteiger charge is 2.48. The van der Waals surface area contributed by atoms with Gasteiger partial charge in [-0.1, -0.05) is 48.0 Å². The molecular formula is C42H40ClF3N6O7S2. The number of fused-ring (bicyclic) bond motifs is 1. The predicted octanol–water partition coefficient (Wildman–Crippen LogP) is 7.80. The Balaban J connectivity index is 1.15. The summed E-state index contributed by atoms with van der Waals surface area (Å²) in [6.45, 7) is 1.19. The van der Waals surface area contributed by atoms with Crippen LogP contribution in [0.4, 0.5) is 24.5 Å². The molecule has 1 atom stereocenters. The number of sulfonamides is 1. The molecule has 6 N–H and O–H groups in total. The third kappa shape index (κ3) is 9.48. The minimum absolute atomic E-state index is 0.00460. The van der Waals surface area contributed by atoms with Crippen molar-refractivity contribution in [3.05, 3.63) is 126 Å². The van der Waals surface area contributed by atoms with Gasteiger partial charge in [-0.25, -0.2) is 26.5 Å². The largest absolute Gasteiger partial charge is 0.501 e. The highest BCUT2D eigenvalue weighted by molar-refractivity contribution is 7.92. The van der Waals surface area contributed by atoms with Crippen LogP contribution >= 0.6 is 11.6 Å². The van der Waals surface area contributed by atoms with Gasteiger partial charge in [0.1, 0.15) is 22.0 Å². The van der Waals surface area contributed by atoms with Crippen LogP contribution in [-0.2, 0) is 19.9 Å². The van der Waals surface area contributed by atoms with Crippen LogP contribution in [0.15, 0.2) is 119 Å². The van der Waals surface area contributed by atoms with Gasteiger partial charge in [-0.15, -0.1) is 0 Å². The fourth-order valence-electron chi connectivity index (χ4n) is 7.18. The van der Waals surface area contributed by atoms with E-state index in [0.29, 0.717) is 53.7 Å². The maximum atomic E-state index is 13.8. The summed E-state index contributed by atoms with van der Waals surface area (Å²) in [5.41, 5.74) is 2.77. The molecule has 0 aliphatic carbocycles. The number of sulfone groups is 1. The van der Waals surface area contributed by atoms with E-state index in [9.17, 15) is 39.9 Å². The van der Waals surface area contributed by atoms with Gasteiger partial charge in [0.15, 0.2) is 0 Å². The molecule has 1 fully saturated rings. The number of anilines is 2. The fourth-order valence-corrected chi connectivity index (χ4v) is 9.33. The number of nitrogens with zero attached hydrogens (tertiary/aromatic N) is 2. The number of amides is 1. The number of aliphatic hydroxyl groups is 1. The molecule has 61 heavy (non-hydrogen) atoms. The second kappa shape index (κ2) is 17.7. The highest BCUT2D eigenvalue weighted by atomic mass is 35.5. The van der Waals surface area contributed by atoms with Crippen LogP contribution in [0.2, 0.25) is 5.02 Å². The number of benzene rings is 4. The SMILES string of the molecule is NCCCNc1ccc(S(=O)(=O)NC(=O)c2ccc(N3CCC(C(O)c4ccccc4-c4ccc(Cl)cc4)CC3)cc2Oc2cnc3[nH]ccc3c2)cc1S(=O)(=O)C(F)(F)F. The third-order valence-electron chi connectivity index (χ3n) is 10.4. The Morgan fingerprint density at radius 3 is 2.44 bits per heavy atom. The number of aromatic nitrogens is 2. The Bertz CT molecular complexity index is 2780. The molecule has 19 heteroatoms. The molecule has 6 aromatic rings. The number of nitrogens with one attached hydrogen (secondary N) is 3. The summed E-state index contributed by atoms with van der Waals surface area (Å²) in [6, 6.07) is 25.1. The molecule has 0 bridgehead atoms. The van der Waals surface area contributed by atoms with Gasteiger partial charge in [0.05, 0.1) is 28.4 Å². The molecule has 0 saturated carbocycles. The van der Waals surface area contributed by atoms with Crippen molar-refractivity contribution in [1.82, 2.24) is 14.7 Å². The van der Waals surface area contributed by atoms with Crippen LogP contribution in [0.25, 0.3) is 22.2 Å². The molecule has 2 aromatic heterocycles. The molecule has 1 aliphatic rings. The van der Waals surface area contributed by atoms with Gasteiger partial charge in [0.2, 0.25) is 0 Å². The van der Waals surface area contributed by atoms with Gasteiger partial charge in [0, 0.05) is 48.0 Å². The van der Waals surface area contributed by atoms with Crippen LogP contribution < -0.4 is 25.4 Å². The maximum absolute atomic E-state index is 13.8. The number of hydrogen-bond acceptors (Lipinski definition) is 11. The van der Waals surface area contributed by atoms with Gasteiger partial charge in [0.25, 0.3) is 25.8 Å². The number of rotatable bonds is 14. The average Bonchev–Trinajstić information content (AvgIpc) is 3.71. The number of alkyl halides is 3. The van der Waals surface area contributed by atoms with E-state index in [-0.39, 0.29) is 42.5 Å². The van der Waals surface area contributed by atoms with E-state index in [1.807, 2.05) is 46.0 Å². The van der Waals surface area contributed by atoms with Gasteiger partial charge >= 0.3 is 5.51 Å². The number of ether oxygens (including phenoxy) is 1. The molecule has 0 radical (unpaired) electrons. The smallest absolute Gasteiger partial charge is 0.455 e. The topological polar surface area (TPSA) is 197 Å². The van der Waals surface area contributed by atoms with Crippen molar-refractivity contribution in [2.45, 2.75) is 40.7 Å². The minimum Gasteiger partial charge on any atom is -0.455 e. The number of nitrogens with two attached hydrogens (primary N) is 1. The van der Waals surface area contributed by atoms with Crippen molar-refractivity contribution < 1.29 is 44.6 Å². The zero-order valence-corrected chi connectivity index (χ0v) is 34.6. The first-order valence-electron chi connectivity index (χ1n) is 19.0. The van der Waals surface area contributed by atoms with Gasteiger partial charge < -0.3 is 30.8 Å². The Kier molecular flexibility index (Phi) is 12.6. The lowest BCUT2D eigenvalue weighted by Crippen LogP contribution is -2.36. The summed E-state index contributed by atoms with van der Waals surface area (Å²) >= 11 is 6.12. The molecule has 1 aliphatic heterocycles. The van der Waals surface area contributed by atoms with Crippen molar-refractivity contribution in [2.24, 2.45) is 11.7 Å². The number of carbonyl (C=O) groups excluding carboxylic acids is 1. The number of aliphatic hydroxyl groups excluding tert-OH is 1. The highest BCUT2D eigenvalue weighted by Crippen LogP contribution is 2.40. The van der Waals surface area contributed by atoms with Crippen molar-refractivity contribution >= 4 is 59.8 Å². The van der Waals surface area contributed by atoms with E-state index in [1.54, 1.807) is 42.6 Å². The summed E-state index contributed by atoms with van der Waals surface area (Å²) in [5, 5.41) is 15.5. The van der Waals surface area contributed by atoms with Gasteiger partial charge in [-0.3, -0.25) is 4.79 Å². The summed E-state index contributed by atoms with van der Waals surface area (Å²) in [5.74, 6) is -1.15. The standard InChI is InChI=1S/C42H40ClF3N6O7S2/c43-29-8-6-26(7-9-29)33-4-1-2-5-34(33)39(53)27-15-20-52(21-16-27)30-10-12-35(37(23-30)59-31-22-28-14-19-49-40(28)50-25-31)41(54)51-61(57,58)32-11-13-36(48-18-3-17-47)38(24-32)60(55,56)42(44,45)46/h1-2,4-14,19,22-25,27,39,48,53H,3,15-18,20-21,47H2,(H,49,50)(H,51,54). The lowest BCUT2D eigenvalue weighted by Gasteiger charge is -2.36. The first kappa shape index (κ1) is 43.4. The molecule has 4 aromatic carbocycles. The molecule has 1 unspecified atom stereocenters. The second-order valence-electron chi connectivity index (χ2n) is 14.3. The van der Waals surface area contributed by atoms with E-state index >= 15 is 0 Å². The molecule has 1 amide bonds. The number of pyridine rings is 1. The van der Waals surface area contributed by atoms with Crippen LogP contribution in [0, 0.1) is 5.92 Å². The molecule has 13 nitrogen and oxygen atoms in total. The van der Waals surface area contributed by atoms with E-state index in [0.717, 1.165) is 28.8 Å². The van der Waals surface area contributed by atoms with E-state index < -0.39 is 52.9 Å². The minimum atomic E-state index is -6.04. The average molecular weight is 897 g/mol. The molecule has 320 valence electrons. The number of carbonyl (C=O) groups is 1. The first-order valence-corrected chi connectivity index (χ1v) is 22.4. The lowest BCUT2D eigenvalue weighted by atomic mass is 9.84. The first-order chi connectivity index (χ1) is 29.1. The Morgan fingerprint density at radius 1 is 0.984 bits per heavy atom. The number of halogens is 4. The number of piperidine rings is 1. The van der Waals surface area contributed by atoms with Gasteiger partial charge in [-0.2, -0.15) is 13.2 Å². The maximum Gasteiger partial charge on any atom is 0.501 e. The quantitative estimate of drug-likeness (QED) is 0.0670. The van der Waals surface area contributed by atoms with Crippen molar-refractivity contribution in [3.63, 3.8) is 0 Å².